The van der Waals surface area contributed by atoms with Crippen molar-refractivity contribution in [2.75, 3.05) is 19.6 Å². The van der Waals surface area contributed by atoms with Crippen LogP contribution >= 0.6 is 11.6 Å². The van der Waals surface area contributed by atoms with Crippen molar-refractivity contribution in [3.63, 3.8) is 0 Å². The average Bonchev–Trinajstić information content (AvgIpc) is 3.29. The fraction of sp³-hybridized carbons (Fsp3) is 0.647. The van der Waals surface area contributed by atoms with Gasteiger partial charge >= 0.3 is 0 Å². The standard InChI is InChI=1S/C17H27ClN2/c1-3-12-19-17(14-5-7-15(18)8-6-14)11-13-20(4-2)16-9-10-16/h5-8,16-17,19H,3-4,9-13H2,1-2H3. The van der Waals surface area contributed by atoms with Gasteiger partial charge in [-0.3, -0.25) is 0 Å². The predicted octanol–water partition coefficient (Wildman–Crippen LogP) is 4.26. The van der Waals surface area contributed by atoms with Gasteiger partial charge in [0.2, 0.25) is 0 Å². The molecule has 112 valence electrons. The van der Waals surface area contributed by atoms with Crippen LogP contribution < -0.4 is 5.32 Å². The first-order valence-corrected chi connectivity index (χ1v) is 8.35. The Kier molecular flexibility index (Phi) is 6.34. The van der Waals surface area contributed by atoms with Gasteiger partial charge in [-0.05, 0) is 56.5 Å². The molecule has 0 amide bonds. The summed E-state index contributed by atoms with van der Waals surface area (Å²) in [7, 11) is 0. The SMILES string of the molecule is CCCNC(CCN(CC)C1CC1)c1ccc(Cl)cc1. The molecule has 0 aromatic heterocycles. The zero-order valence-corrected chi connectivity index (χ0v) is 13.5. The lowest BCUT2D eigenvalue weighted by Gasteiger charge is -2.25. The molecule has 0 spiro atoms. The molecule has 2 rings (SSSR count). The van der Waals surface area contributed by atoms with Crippen LogP contribution in [-0.4, -0.2) is 30.6 Å². The normalized spacial score (nSPS) is 16.6. The van der Waals surface area contributed by atoms with Gasteiger partial charge in [-0.1, -0.05) is 37.6 Å². The van der Waals surface area contributed by atoms with Gasteiger partial charge in [-0.2, -0.15) is 0 Å². The molecule has 0 saturated heterocycles. The zero-order chi connectivity index (χ0) is 14.4. The lowest BCUT2D eigenvalue weighted by atomic mass is 10.0. The van der Waals surface area contributed by atoms with E-state index in [2.05, 4.69) is 36.2 Å². The zero-order valence-electron chi connectivity index (χ0n) is 12.7. The van der Waals surface area contributed by atoms with E-state index in [9.17, 15) is 0 Å². The van der Waals surface area contributed by atoms with E-state index in [1.54, 1.807) is 0 Å². The molecule has 3 heteroatoms. The van der Waals surface area contributed by atoms with Gasteiger partial charge in [-0.15, -0.1) is 0 Å². The first-order chi connectivity index (χ1) is 9.74. The number of nitrogens with one attached hydrogen (secondary N) is 1. The van der Waals surface area contributed by atoms with Crippen LogP contribution in [0.25, 0.3) is 0 Å². The highest BCUT2D eigenvalue weighted by Gasteiger charge is 2.27. The summed E-state index contributed by atoms with van der Waals surface area (Å²) in [6.07, 6.45) is 5.12. The average molecular weight is 295 g/mol. The number of rotatable bonds is 9. The Hall–Kier alpha value is -0.570. The molecule has 2 nitrogen and oxygen atoms in total. The molecule has 1 N–H and O–H groups in total. The summed E-state index contributed by atoms with van der Waals surface area (Å²) in [4.78, 5) is 2.62. The summed E-state index contributed by atoms with van der Waals surface area (Å²) in [6, 6.07) is 9.61. The van der Waals surface area contributed by atoms with Crippen molar-refractivity contribution in [1.29, 1.82) is 0 Å². The second-order valence-corrected chi connectivity index (χ2v) is 6.14. The van der Waals surface area contributed by atoms with Crippen LogP contribution in [0.5, 0.6) is 0 Å². The van der Waals surface area contributed by atoms with Crippen LogP contribution in [0.15, 0.2) is 24.3 Å². The van der Waals surface area contributed by atoms with E-state index in [0.717, 1.165) is 17.6 Å². The molecule has 1 saturated carbocycles. The lowest BCUT2D eigenvalue weighted by Crippen LogP contribution is -2.31. The quantitative estimate of drug-likeness (QED) is 0.732. The van der Waals surface area contributed by atoms with Crippen molar-refractivity contribution in [3.8, 4) is 0 Å². The van der Waals surface area contributed by atoms with E-state index >= 15 is 0 Å². The van der Waals surface area contributed by atoms with E-state index in [1.165, 1.54) is 44.3 Å². The van der Waals surface area contributed by atoms with Crippen molar-refractivity contribution in [3.05, 3.63) is 34.9 Å². The molecule has 1 aromatic rings. The van der Waals surface area contributed by atoms with E-state index in [-0.39, 0.29) is 0 Å². The van der Waals surface area contributed by atoms with Crippen molar-refractivity contribution in [2.24, 2.45) is 0 Å². The Labute approximate surface area is 128 Å². The molecule has 1 aromatic carbocycles. The molecule has 1 fully saturated rings. The Morgan fingerprint density at radius 2 is 1.95 bits per heavy atom. The Morgan fingerprint density at radius 3 is 2.50 bits per heavy atom. The van der Waals surface area contributed by atoms with Crippen molar-refractivity contribution in [2.45, 2.75) is 51.6 Å². The van der Waals surface area contributed by atoms with Crippen LogP contribution in [-0.2, 0) is 0 Å². The first kappa shape index (κ1) is 15.8. The highest BCUT2D eigenvalue weighted by atomic mass is 35.5. The third kappa shape index (κ3) is 4.76. The topological polar surface area (TPSA) is 15.3 Å². The van der Waals surface area contributed by atoms with E-state index in [0.29, 0.717) is 6.04 Å². The summed E-state index contributed by atoms with van der Waals surface area (Å²) in [5.41, 5.74) is 1.36. The maximum Gasteiger partial charge on any atom is 0.0406 e. The minimum Gasteiger partial charge on any atom is -0.310 e. The maximum atomic E-state index is 5.99. The van der Waals surface area contributed by atoms with Crippen LogP contribution in [0.4, 0.5) is 0 Å². The van der Waals surface area contributed by atoms with Gasteiger partial charge in [0.1, 0.15) is 0 Å². The highest BCUT2D eigenvalue weighted by molar-refractivity contribution is 6.30. The van der Waals surface area contributed by atoms with Gasteiger partial charge in [0.05, 0.1) is 0 Å². The smallest absolute Gasteiger partial charge is 0.0406 e. The molecule has 0 heterocycles. The molecular weight excluding hydrogens is 268 g/mol. The van der Waals surface area contributed by atoms with Gasteiger partial charge in [0, 0.05) is 23.7 Å². The van der Waals surface area contributed by atoms with E-state index in [1.807, 2.05) is 12.1 Å². The Bertz CT molecular complexity index is 386. The third-order valence-electron chi connectivity index (χ3n) is 4.09. The number of nitrogens with zero attached hydrogens (tertiary/aromatic N) is 1. The monoisotopic (exact) mass is 294 g/mol. The van der Waals surface area contributed by atoms with Crippen LogP contribution in [0.2, 0.25) is 5.02 Å². The summed E-state index contributed by atoms with van der Waals surface area (Å²) >= 11 is 5.99. The summed E-state index contributed by atoms with van der Waals surface area (Å²) in [5.74, 6) is 0. The summed E-state index contributed by atoms with van der Waals surface area (Å²) < 4.78 is 0. The second-order valence-electron chi connectivity index (χ2n) is 5.71. The van der Waals surface area contributed by atoms with Crippen LogP contribution in [0.3, 0.4) is 0 Å². The second kappa shape index (κ2) is 8.02. The number of hydrogen-bond acceptors (Lipinski definition) is 2. The fourth-order valence-corrected chi connectivity index (χ4v) is 2.86. The minimum atomic E-state index is 0.444. The van der Waals surface area contributed by atoms with Gasteiger partial charge in [-0.25, -0.2) is 0 Å². The lowest BCUT2D eigenvalue weighted by molar-refractivity contribution is 0.259. The number of hydrogen-bond donors (Lipinski definition) is 1. The Balaban J connectivity index is 1.93. The largest absolute Gasteiger partial charge is 0.310 e. The molecule has 1 aliphatic carbocycles. The summed E-state index contributed by atoms with van der Waals surface area (Å²) in [6.45, 7) is 7.92. The molecule has 0 bridgehead atoms. The van der Waals surface area contributed by atoms with Crippen molar-refractivity contribution >= 4 is 11.6 Å². The van der Waals surface area contributed by atoms with Crippen molar-refractivity contribution in [1.82, 2.24) is 10.2 Å². The molecule has 0 aliphatic heterocycles. The molecule has 0 radical (unpaired) electrons. The van der Waals surface area contributed by atoms with Gasteiger partial charge in [0.25, 0.3) is 0 Å². The van der Waals surface area contributed by atoms with Gasteiger partial charge < -0.3 is 10.2 Å². The van der Waals surface area contributed by atoms with Crippen LogP contribution in [0, 0.1) is 0 Å². The van der Waals surface area contributed by atoms with E-state index < -0.39 is 0 Å². The minimum absolute atomic E-state index is 0.444. The number of halogens is 1. The molecule has 20 heavy (non-hydrogen) atoms. The maximum absolute atomic E-state index is 5.99. The first-order valence-electron chi connectivity index (χ1n) is 7.97. The molecular formula is C17H27ClN2. The fourth-order valence-electron chi connectivity index (χ4n) is 2.73. The molecule has 1 aliphatic rings. The third-order valence-corrected chi connectivity index (χ3v) is 4.34. The van der Waals surface area contributed by atoms with E-state index in [4.69, 9.17) is 11.6 Å². The Morgan fingerprint density at radius 1 is 1.25 bits per heavy atom. The highest BCUT2D eigenvalue weighted by Crippen LogP contribution is 2.28. The molecule has 1 unspecified atom stereocenters. The van der Waals surface area contributed by atoms with Crippen molar-refractivity contribution < 1.29 is 0 Å². The van der Waals surface area contributed by atoms with Gasteiger partial charge in [0.15, 0.2) is 0 Å². The predicted molar refractivity (Wildman–Crippen MR) is 87.4 cm³/mol. The number of benzene rings is 1. The summed E-state index contributed by atoms with van der Waals surface area (Å²) in [5, 5.41) is 4.49. The van der Waals surface area contributed by atoms with Crippen LogP contribution in [0.1, 0.15) is 51.1 Å². The molecule has 1 atom stereocenters.